The number of carbonyl (C=O) groups is 1. The van der Waals surface area contributed by atoms with E-state index in [9.17, 15) is 4.79 Å². The van der Waals surface area contributed by atoms with Gasteiger partial charge in [0.15, 0.2) is 5.79 Å². The third-order valence-electron chi connectivity index (χ3n) is 3.27. The zero-order chi connectivity index (χ0) is 13.1. The van der Waals surface area contributed by atoms with E-state index in [4.69, 9.17) is 9.47 Å². The summed E-state index contributed by atoms with van der Waals surface area (Å²) in [6, 6.07) is 0. The Balaban J connectivity index is 2.48. The van der Waals surface area contributed by atoms with Crippen LogP contribution in [0.3, 0.4) is 0 Å². The molecular formula is C13H24O4. The Labute approximate surface area is 104 Å². The first-order valence-corrected chi connectivity index (χ1v) is 6.24. The molecule has 1 fully saturated rings. The molecule has 0 aliphatic carbocycles. The number of hydrogen-bond acceptors (Lipinski definition) is 4. The van der Waals surface area contributed by atoms with Crippen LogP contribution in [0, 0.1) is 11.8 Å². The van der Waals surface area contributed by atoms with E-state index in [1.54, 1.807) is 0 Å². The summed E-state index contributed by atoms with van der Waals surface area (Å²) in [5.41, 5.74) is 0. The van der Waals surface area contributed by atoms with Crippen molar-refractivity contribution < 1.29 is 19.0 Å². The molecule has 0 saturated carbocycles. The molecular weight excluding hydrogens is 220 g/mol. The van der Waals surface area contributed by atoms with Crippen LogP contribution in [-0.4, -0.2) is 31.6 Å². The minimum atomic E-state index is -0.517. The van der Waals surface area contributed by atoms with Crippen molar-refractivity contribution in [2.75, 3.05) is 13.7 Å². The minimum Gasteiger partial charge on any atom is -0.469 e. The van der Waals surface area contributed by atoms with E-state index in [0.717, 1.165) is 6.42 Å². The van der Waals surface area contributed by atoms with Crippen molar-refractivity contribution in [3.63, 3.8) is 0 Å². The van der Waals surface area contributed by atoms with Crippen molar-refractivity contribution in [3.05, 3.63) is 0 Å². The van der Waals surface area contributed by atoms with E-state index in [1.807, 2.05) is 13.8 Å². The highest BCUT2D eigenvalue weighted by Crippen LogP contribution is 2.31. The molecule has 0 unspecified atom stereocenters. The summed E-state index contributed by atoms with van der Waals surface area (Å²) in [6.07, 6.45) is 1.38. The zero-order valence-corrected chi connectivity index (χ0v) is 11.5. The van der Waals surface area contributed by atoms with Crippen molar-refractivity contribution in [2.45, 2.75) is 52.4 Å². The van der Waals surface area contributed by atoms with Crippen LogP contribution in [0.4, 0.5) is 0 Å². The van der Waals surface area contributed by atoms with Gasteiger partial charge < -0.3 is 14.2 Å². The van der Waals surface area contributed by atoms with E-state index < -0.39 is 5.79 Å². The van der Waals surface area contributed by atoms with Crippen LogP contribution < -0.4 is 0 Å². The van der Waals surface area contributed by atoms with Crippen molar-refractivity contribution in [3.8, 4) is 0 Å². The molecule has 1 saturated heterocycles. The molecule has 1 rings (SSSR count). The Kier molecular flexibility index (Phi) is 4.95. The number of hydrogen-bond donors (Lipinski definition) is 0. The van der Waals surface area contributed by atoms with Gasteiger partial charge in [-0.15, -0.1) is 0 Å². The largest absolute Gasteiger partial charge is 0.469 e. The Morgan fingerprint density at radius 2 is 2.18 bits per heavy atom. The average molecular weight is 244 g/mol. The molecule has 1 aliphatic heterocycles. The average Bonchev–Trinajstić information content (AvgIpc) is 2.28. The van der Waals surface area contributed by atoms with E-state index in [-0.39, 0.29) is 12.1 Å². The van der Waals surface area contributed by atoms with Gasteiger partial charge in [-0.25, -0.2) is 0 Å². The van der Waals surface area contributed by atoms with Crippen LogP contribution in [0.15, 0.2) is 0 Å². The monoisotopic (exact) mass is 244 g/mol. The van der Waals surface area contributed by atoms with E-state index in [1.165, 1.54) is 7.11 Å². The van der Waals surface area contributed by atoms with Crippen molar-refractivity contribution in [2.24, 2.45) is 11.8 Å². The molecule has 1 heterocycles. The van der Waals surface area contributed by atoms with Crippen molar-refractivity contribution in [1.82, 2.24) is 0 Å². The van der Waals surface area contributed by atoms with Crippen LogP contribution in [0.25, 0.3) is 0 Å². The second-order valence-electron chi connectivity index (χ2n) is 5.36. The molecule has 1 aliphatic rings. The molecule has 4 nitrogen and oxygen atoms in total. The third kappa shape index (κ3) is 4.28. The summed E-state index contributed by atoms with van der Waals surface area (Å²) in [7, 11) is 1.42. The SMILES string of the molecule is COC(=O)CC[C@H](C)[C@H]1OC(C)(C)OC[C@H]1C. The molecule has 3 atom stereocenters. The molecule has 4 heteroatoms. The first kappa shape index (κ1) is 14.5. The Morgan fingerprint density at radius 3 is 2.76 bits per heavy atom. The second-order valence-corrected chi connectivity index (χ2v) is 5.36. The first-order chi connectivity index (χ1) is 7.85. The van der Waals surface area contributed by atoms with Crippen LogP contribution >= 0.6 is 0 Å². The summed E-state index contributed by atoms with van der Waals surface area (Å²) in [5, 5.41) is 0. The lowest BCUT2D eigenvalue weighted by atomic mass is 9.89. The summed E-state index contributed by atoms with van der Waals surface area (Å²) in [6.45, 7) is 8.80. The van der Waals surface area contributed by atoms with Crippen molar-refractivity contribution in [1.29, 1.82) is 0 Å². The van der Waals surface area contributed by atoms with Gasteiger partial charge in [0.25, 0.3) is 0 Å². The van der Waals surface area contributed by atoms with Crippen LogP contribution in [0.1, 0.15) is 40.5 Å². The maximum Gasteiger partial charge on any atom is 0.305 e. The van der Waals surface area contributed by atoms with Gasteiger partial charge in [0.2, 0.25) is 0 Å². The smallest absolute Gasteiger partial charge is 0.305 e. The summed E-state index contributed by atoms with van der Waals surface area (Å²) < 4.78 is 16.2. The minimum absolute atomic E-state index is 0.142. The molecule has 0 bridgehead atoms. The first-order valence-electron chi connectivity index (χ1n) is 6.24. The Morgan fingerprint density at radius 1 is 1.53 bits per heavy atom. The van der Waals surface area contributed by atoms with Gasteiger partial charge in [0.1, 0.15) is 0 Å². The Hall–Kier alpha value is -0.610. The van der Waals surface area contributed by atoms with Gasteiger partial charge in [0, 0.05) is 12.3 Å². The van der Waals surface area contributed by atoms with Gasteiger partial charge in [-0.05, 0) is 26.2 Å². The van der Waals surface area contributed by atoms with Crippen LogP contribution in [0.2, 0.25) is 0 Å². The number of methoxy groups -OCH3 is 1. The topological polar surface area (TPSA) is 44.8 Å². The lowest BCUT2D eigenvalue weighted by Gasteiger charge is -2.42. The number of rotatable bonds is 4. The van der Waals surface area contributed by atoms with Gasteiger partial charge >= 0.3 is 5.97 Å². The van der Waals surface area contributed by atoms with Gasteiger partial charge in [-0.1, -0.05) is 13.8 Å². The molecule has 0 aromatic rings. The molecule has 0 aromatic carbocycles. The molecule has 100 valence electrons. The van der Waals surface area contributed by atoms with E-state index >= 15 is 0 Å². The molecule has 0 radical (unpaired) electrons. The number of ether oxygens (including phenoxy) is 3. The number of carbonyl (C=O) groups excluding carboxylic acids is 1. The lowest BCUT2D eigenvalue weighted by Crippen LogP contribution is -2.47. The zero-order valence-electron chi connectivity index (χ0n) is 11.5. The third-order valence-corrected chi connectivity index (χ3v) is 3.27. The molecule has 0 amide bonds. The standard InChI is InChI=1S/C13H24O4/c1-9(6-7-11(14)15-5)12-10(2)8-16-13(3,4)17-12/h9-10,12H,6-8H2,1-5H3/t9-,10+,12+/m0/s1. The van der Waals surface area contributed by atoms with Gasteiger partial charge in [-0.3, -0.25) is 4.79 Å². The normalized spacial score (nSPS) is 29.7. The van der Waals surface area contributed by atoms with Crippen LogP contribution in [-0.2, 0) is 19.0 Å². The highest BCUT2D eigenvalue weighted by Gasteiger charge is 2.37. The fourth-order valence-corrected chi connectivity index (χ4v) is 2.19. The molecule has 0 N–H and O–H groups in total. The quantitative estimate of drug-likeness (QED) is 0.712. The highest BCUT2D eigenvalue weighted by molar-refractivity contribution is 5.69. The fourth-order valence-electron chi connectivity index (χ4n) is 2.19. The van der Waals surface area contributed by atoms with Gasteiger partial charge in [0.05, 0.1) is 19.8 Å². The highest BCUT2D eigenvalue weighted by atomic mass is 16.7. The summed E-state index contributed by atoms with van der Waals surface area (Å²) >= 11 is 0. The maximum atomic E-state index is 11.1. The molecule has 17 heavy (non-hydrogen) atoms. The predicted molar refractivity (Wildman–Crippen MR) is 64.5 cm³/mol. The second kappa shape index (κ2) is 5.83. The van der Waals surface area contributed by atoms with Crippen LogP contribution in [0.5, 0.6) is 0 Å². The Bertz CT molecular complexity index is 262. The van der Waals surface area contributed by atoms with E-state index in [2.05, 4.69) is 18.6 Å². The fraction of sp³-hybridized carbons (Fsp3) is 0.923. The lowest BCUT2D eigenvalue weighted by molar-refractivity contribution is -0.299. The van der Waals surface area contributed by atoms with E-state index in [0.29, 0.717) is 24.9 Å². The summed E-state index contributed by atoms with van der Waals surface area (Å²) in [5.74, 6) is 0.00948. The maximum absolute atomic E-state index is 11.1. The summed E-state index contributed by atoms with van der Waals surface area (Å²) in [4.78, 5) is 11.1. The molecule has 0 aromatic heterocycles. The number of esters is 1. The van der Waals surface area contributed by atoms with Crippen molar-refractivity contribution >= 4 is 5.97 Å². The van der Waals surface area contributed by atoms with Gasteiger partial charge in [-0.2, -0.15) is 0 Å². The predicted octanol–water partition coefficient (Wildman–Crippen LogP) is 2.36. The molecule has 0 spiro atoms.